The molecular formula is C16H28N4O. The lowest BCUT2D eigenvalue weighted by Gasteiger charge is -2.30. The number of anilines is 1. The Morgan fingerprint density at radius 1 is 1.24 bits per heavy atom. The van der Waals surface area contributed by atoms with Crippen LogP contribution in [0.2, 0.25) is 0 Å². The summed E-state index contributed by atoms with van der Waals surface area (Å²) in [6.07, 6.45) is 1.99. The van der Waals surface area contributed by atoms with E-state index in [2.05, 4.69) is 42.9 Å². The summed E-state index contributed by atoms with van der Waals surface area (Å²) in [5.74, 6) is 1.92. The first kappa shape index (κ1) is 16.2. The third kappa shape index (κ3) is 4.64. The maximum Gasteiger partial charge on any atom is 0.131 e. The predicted molar refractivity (Wildman–Crippen MR) is 85.7 cm³/mol. The lowest BCUT2D eigenvalue weighted by molar-refractivity contribution is 0.122. The standard InChI is InChI=1S/C16H28N4O/c1-12(2)9-17-10-14-15(20-5-7-21-8-6-20)11-18-16(19-14)13(3)4/h11-13,17H,5-10H2,1-4H3. The van der Waals surface area contributed by atoms with Crippen LogP contribution in [-0.2, 0) is 11.3 Å². The molecule has 1 aromatic rings. The van der Waals surface area contributed by atoms with Crippen LogP contribution in [0.15, 0.2) is 6.20 Å². The zero-order chi connectivity index (χ0) is 15.2. The summed E-state index contributed by atoms with van der Waals surface area (Å²) >= 11 is 0. The number of ether oxygens (including phenoxy) is 1. The molecule has 0 aromatic carbocycles. The summed E-state index contributed by atoms with van der Waals surface area (Å²) in [6, 6.07) is 0. The highest BCUT2D eigenvalue weighted by Gasteiger charge is 2.17. The second-order valence-corrected chi connectivity index (χ2v) is 6.34. The van der Waals surface area contributed by atoms with Crippen LogP contribution in [0.1, 0.15) is 45.1 Å². The third-order valence-electron chi connectivity index (χ3n) is 3.58. The van der Waals surface area contributed by atoms with Crippen molar-refractivity contribution in [2.75, 3.05) is 37.7 Å². The van der Waals surface area contributed by atoms with Crippen molar-refractivity contribution in [1.29, 1.82) is 0 Å². The quantitative estimate of drug-likeness (QED) is 0.871. The van der Waals surface area contributed by atoms with E-state index in [1.54, 1.807) is 0 Å². The molecule has 1 aromatic heterocycles. The Morgan fingerprint density at radius 2 is 1.95 bits per heavy atom. The van der Waals surface area contributed by atoms with Gasteiger partial charge in [0.1, 0.15) is 5.82 Å². The summed E-state index contributed by atoms with van der Waals surface area (Å²) < 4.78 is 5.44. The largest absolute Gasteiger partial charge is 0.378 e. The average Bonchev–Trinajstić information content (AvgIpc) is 2.47. The SMILES string of the molecule is CC(C)CNCc1nc(C(C)C)ncc1N1CCOCC1. The number of morpholine rings is 1. The Labute approximate surface area is 128 Å². The van der Waals surface area contributed by atoms with E-state index in [4.69, 9.17) is 9.72 Å². The van der Waals surface area contributed by atoms with E-state index < -0.39 is 0 Å². The highest BCUT2D eigenvalue weighted by molar-refractivity contribution is 5.49. The zero-order valence-corrected chi connectivity index (χ0v) is 13.7. The van der Waals surface area contributed by atoms with E-state index >= 15 is 0 Å². The van der Waals surface area contributed by atoms with E-state index in [0.29, 0.717) is 11.8 Å². The molecular weight excluding hydrogens is 264 g/mol. The fourth-order valence-corrected chi connectivity index (χ4v) is 2.38. The second-order valence-electron chi connectivity index (χ2n) is 6.34. The zero-order valence-electron chi connectivity index (χ0n) is 13.7. The average molecular weight is 292 g/mol. The van der Waals surface area contributed by atoms with Crippen LogP contribution in [0, 0.1) is 5.92 Å². The molecule has 2 rings (SSSR count). The van der Waals surface area contributed by atoms with E-state index in [9.17, 15) is 0 Å². The Balaban J connectivity index is 2.16. The van der Waals surface area contributed by atoms with Gasteiger partial charge in [0.2, 0.25) is 0 Å². The van der Waals surface area contributed by atoms with Crippen LogP contribution >= 0.6 is 0 Å². The summed E-state index contributed by atoms with van der Waals surface area (Å²) in [4.78, 5) is 11.7. The van der Waals surface area contributed by atoms with Crippen molar-refractivity contribution < 1.29 is 4.74 Å². The van der Waals surface area contributed by atoms with Gasteiger partial charge in [-0.1, -0.05) is 27.7 Å². The molecule has 0 amide bonds. The van der Waals surface area contributed by atoms with Crippen molar-refractivity contribution in [3.63, 3.8) is 0 Å². The Hall–Kier alpha value is -1.20. The fourth-order valence-electron chi connectivity index (χ4n) is 2.38. The number of nitrogens with one attached hydrogen (secondary N) is 1. The van der Waals surface area contributed by atoms with Crippen LogP contribution in [0.5, 0.6) is 0 Å². The Kier molecular flexibility index (Phi) is 5.94. The van der Waals surface area contributed by atoms with Crippen LogP contribution in [0.4, 0.5) is 5.69 Å². The predicted octanol–water partition coefficient (Wildman–Crippen LogP) is 2.18. The maximum atomic E-state index is 5.44. The lowest BCUT2D eigenvalue weighted by atomic mass is 10.2. The van der Waals surface area contributed by atoms with E-state index in [-0.39, 0.29) is 0 Å². The molecule has 0 saturated carbocycles. The van der Waals surface area contributed by atoms with Crippen molar-refractivity contribution in [1.82, 2.24) is 15.3 Å². The normalized spacial score (nSPS) is 16.0. The molecule has 1 saturated heterocycles. The molecule has 5 heteroatoms. The molecule has 0 aliphatic carbocycles. The molecule has 118 valence electrons. The fraction of sp³-hybridized carbons (Fsp3) is 0.750. The smallest absolute Gasteiger partial charge is 0.131 e. The molecule has 0 atom stereocenters. The van der Waals surface area contributed by atoms with Gasteiger partial charge in [-0.2, -0.15) is 0 Å². The number of hydrogen-bond acceptors (Lipinski definition) is 5. The minimum Gasteiger partial charge on any atom is -0.378 e. The van der Waals surface area contributed by atoms with Gasteiger partial charge in [-0.25, -0.2) is 9.97 Å². The number of rotatable bonds is 6. The van der Waals surface area contributed by atoms with Crippen molar-refractivity contribution in [3.8, 4) is 0 Å². The lowest BCUT2D eigenvalue weighted by Crippen LogP contribution is -2.37. The third-order valence-corrected chi connectivity index (χ3v) is 3.58. The topological polar surface area (TPSA) is 50.3 Å². The van der Waals surface area contributed by atoms with E-state index in [1.807, 2.05) is 6.20 Å². The van der Waals surface area contributed by atoms with Gasteiger partial charge in [0.15, 0.2) is 0 Å². The monoisotopic (exact) mass is 292 g/mol. The highest BCUT2D eigenvalue weighted by atomic mass is 16.5. The van der Waals surface area contributed by atoms with Gasteiger partial charge >= 0.3 is 0 Å². The van der Waals surface area contributed by atoms with Gasteiger partial charge < -0.3 is 15.0 Å². The van der Waals surface area contributed by atoms with Crippen LogP contribution in [0.3, 0.4) is 0 Å². The molecule has 21 heavy (non-hydrogen) atoms. The summed E-state index contributed by atoms with van der Waals surface area (Å²) in [5.41, 5.74) is 2.26. The molecule has 5 nitrogen and oxygen atoms in total. The van der Waals surface area contributed by atoms with Gasteiger partial charge in [-0.15, -0.1) is 0 Å². The maximum absolute atomic E-state index is 5.44. The molecule has 0 unspecified atom stereocenters. The molecule has 1 aliphatic rings. The number of hydrogen-bond donors (Lipinski definition) is 1. The minimum atomic E-state index is 0.354. The molecule has 0 spiro atoms. The summed E-state index contributed by atoms with van der Waals surface area (Å²) in [5, 5.41) is 3.50. The van der Waals surface area contributed by atoms with Gasteiger partial charge in [-0.05, 0) is 12.5 Å². The van der Waals surface area contributed by atoms with E-state index in [1.165, 1.54) is 0 Å². The van der Waals surface area contributed by atoms with Crippen molar-refractivity contribution in [3.05, 3.63) is 17.7 Å². The van der Waals surface area contributed by atoms with Gasteiger partial charge in [0.25, 0.3) is 0 Å². The Bertz CT molecular complexity index is 442. The molecule has 1 aliphatic heterocycles. The first-order chi connectivity index (χ1) is 10.1. The highest BCUT2D eigenvalue weighted by Crippen LogP contribution is 2.21. The first-order valence-electron chi connectivity index (χ1n) is 7.97. The van der Waals surface area contributed by atoms with Crippen LogP contribution < -0.4 is 10.2 Å². The summed E-state index contributed by atoms with van der Waals surface area (Å²) in [7, 11) is 0. The van der Waals surface area contributed by atoms with Crippen molar-refractivity contribution in [2.24, 2.45) is 5.92 Å². The van der Waals surface area contributed by atoms with Crippen LogP contribution in [0.25, 0.3) is 0 Å². The van der Waals surface area contributed by atoms with Crippen LogP contribution in [-0.4, -0.2) is 42.8 Å². The molecule has 0 bridgehead atoms. The van der Waals surface area contributed by atoms with Gasteiger partial charge in [-0.3, -0.25) is 0 Å². The Morgan fingerprint density at radius 3 is 2.57 bits per heavy atom. The number of nitrogens with zero attached hydrogens (tertiary/aromatic N) is 3. The van der Waals surface area contributed by atoms with E-state index in [0.717, 1.165) is 56.6 Å². The van der Waals surface area contributed by atoms with Crippen molar-refractivity contribution >= 4 is 5.69 Å². The first-order valence-corrected chi connectivity index (χ1v) is 7.97. The summed E-state index contributed by atoms with van der Waals surface area (Å²) in [6.45, 7) is 13.9. The van der Waals surface area contributed by atoms with Gasteiger partial charge in [0, 0.05) is 25.6 Å². The molecule has 0 radical (unpaired) electrons. The molecule has 2 heterocycles. The van der Waals surface area contributed by atoms with Gasteiger partial charge in [0.05, 0.1) is 30.8 Å². The second kappa shape index (κ2) is 7.71. The number of aromatic nitrogens is 2. The molecule has 1 N–H and O–H groups in total. The minimum absolute atomic E-state index is 0.354. The van der Waals surface area contributed by atoms with Crippen molar-refractivity contribution in [2.45, 2.75) is 40.2 Å². The molecule has 1 fully saturated rings.